The van der Waals surface area contributed by atoms with Crippen LogP contribution in [0.3, 0.4) is 0 Å². The molecule has 36 heavy (non-hydrogen) atoms. The summed E-state index contributed by atoms with van der Waals surface area (Å²) in [5, 5.41) is 2.25. The summed E-state index contributed by atoms with van der Waals surface area (Å²) < 4.78 is 127. The van der Waals surface area contributed by atoms with Crippen LogP contribution in [0.15, 0.2) is 42.5 Å². The molecule has 2 aromatic carbocycles. The number of carbonyl (C=O) groups is 2. The van der Waals surface area contributed by atoms with E-state index in [1.165, 1.54) is 6.92 Å². The van der Waals surface area contributed by atoms with Crippen molar-refractivity contribution in [3.05, 3.63) is 64.7 Å². The van der Waals surface area contributed by atoms with Crippen LogP contribution in [0.25, 0.3) is 0 Å². The molecule has 2 aromatic rings. The number of amides is 2. The van der Waals surface area contributed by atoms with E-state index in [4.69, 9.17) is 0 Å². The maximum atomic E-state index is 14.1. The van der Waals surface area contributed by atoms with E-state index in [2.05, 4.69) is 10.1 Å². The maximum absolute atomic E-state index is 14.1. The summed E-state index contributed by atoms with van der Waals surface area (Å²) in [5.74, 6) is -0.550. The Morgan fingerprint density at radius 2 is 1.67 bits per heavy atom. The number of nitrogens with zero attached hydrogens (tertiary/aromatic N) is 1. The first kappa shape index (κ1) is 27.1. The van der Waals surface area contributed by atoms with Crippen molar-refractivity contribution in [1.82, 2.24) is 5.32 Å². The van der Waals surface area contributed by atoms with Crippen LogP contribution in [0.5, 0.6) is 0 Å². The molecular weight excluding hydrogens is 511 g/mol. The van der Waals surface area contributed by atoms with Crippen LogP contribution in [-0.4, -0.2) is 24.7 Å². The zero-order valence-electron chi connectivity index (χ0n) is 18.2. The van der Waals surface area contributed by atoms with Crippen LogP contribution < -0.4 is 10.2 Å². The van der Waals surface area contributed by atoms with Crippen LogP contribution in [-0.2, 0) is 34.0 Å². The van der Waals surface area contributed by atoms with Gasteiger partial charge in [0.05, 0.1) is 17.7 Å². The molecule has 1 aliphatic heterocycles. The van der Waals surface area contributed by atoms with Crippen molar-refractivity contribution in [2.75, 3.05) is 11.4 Å². The highest BCUT2D eigenvalue weighted by Gasteiger charge is 2.65. The zero-order valence-corrected chi connectivity index (χ0v) is 18.2. The largest absolute Gasteiger partial charge is 0.434 e. The highest BCUT2D eigenvalue weighted by atomic mass is 19.4. The van der Waals surface area contributed by atoms with Crippen LogP contribution in [0.2, 0.25) is 0 Å². The first-order valence-electron chi connectivity index (χ1n) is 10.2. The number of ether oxygens (including phenoxy) is 1. The van der Waals surface area contributed by atoms with E-state index in [0.717, 1.165) is 12.1 Å². The quantitative estimate of drug-likeness (QED) is 0.473. The standard InChI is InChI=1S/C22H17F9N2O3/c1-2-17(34)32-10-12-6-7-15(9-16(12)21(26,27)28)33-11-19(22(29,30)31,36-18(33)35)13-4-3-5-14(8-13)20(23,24)25/h3-9H,2,10-11H2,1H3,(H,32,34). The number of carbonyl (C=O) groups excluding carboxylic acids is 2. The van der Waals surface area contributed by atoms with Crippen molar-refractivity contribution in [1.29, 1.82) is 0 Å². The number of hydrogen-bond acceptors (Lipinski definition) is 3. The van der Waals surface area contributed by atoms with Gasteiger partial charge in [0.15, 0.2) is 0 Å². The molecular formula is C22H17F9N2O3. The lowest BCUT2D eigenvalue weighted by Crippen LogP contribution is -2.46. The second-order valence-electron chi connectivity index (χ2n) is 7.83. The number of nitrogens with one attached hydrogen (secondary N) is 1. The lowest BCUT2D eigenvalue weighted by molar-refractivity contribution is -0.250. The second-order valence-corrected chi connectivity index (χ2v) is 7.83. The monoisotopic (exact) mass is 528 g/mol. The molecule has 0 spiro atoms. The fraction of sp³-hybridized carbons (Fsp3) is 0.364. The Balaban J connectivity index is 2.05. The molecule has 0 aliphatic carbocycles. The summed E-state index contributed by atoms with van der Waals surface area (Å²) in [6.45, 7) is -0.498. The van der Waals surface area contributed by atoms with Crippen molar-refractivity contribution in [2.45, 2.75) is 44.0 Å². The van der Waals surface area contributed by atoms with Gasteiger partial charge in [0.2, 0.25) is 5.91 Å². The summed E-state index contributed by atoms with van der Waals surface area (Å²) in [5.41, 5.74) is -8.42. The number of anilines is 1. The van der Waals surface area contributed by atoms with Crippen LogP contribution in [0, 0.1) is 0 Å². The van der Waals surface area contributed by atoms with Gasteiger partial charge in [0, 0.05) is 24.2 Å². The van der Waals surface area contributed by atoms with Gasteiger partial charge in [-0.3, -0.25) is 9.69 Å². The Kier molecular flexibility index (Phi) is 6.94. The minimum atomic E-state index is -5.42. The van der Waals surface area contributed by atoms with Gasteiger partial charge in [-0.05, 0) is 29.8 Å². The van der Waals surface area contributed by atoms with Gasteiger partial charge in [0.25, 0.3) is 5.60 Å². The van der Waals surface area contributed by atoms with Crippen molar-refractivity contribution < 1.29 is 53.8 Å². The third-order valence-electron chi connectivity index (χ3n) is 5.48. The molecule has 5 nitrogen and oxygen atoms in total. The normalized spacial score (nSPS) is 18.8. The Morgan fingerprint density at radius 1 is 1.00 bits per heavy atom. The summed E-state index contributed by atoms with van der Waals surface area (Å²) in [7, 11) is 0. The van der Waals surface area contributed by atoms with E-state index in [1.54, 1.807) is 0 Å². The predicted octanol–water partition coefficient (Wildman–Crippen LogP) is 6.16. The maximum Gasteiger partial charge on any atom is 0.434 e. The molecule has 1 heterocycles. The molecule has 1 N–H and O–H groups in total. The highest BCUT2D eigenvalue weighted by molar-refractivity contribution is 5.91. The Morgan fingerprint density at radius 3 is 2.22 bits per heavy atom. The van der Waals surface area contributed by atoms with E-state index in [1.807, 2.05) is 0 Å². The zero-order chi connectivity index (χ0) is 27.1. The average molecular weight is 528 g/mol. The molecule has 1 unspecified atom stereocenters. The number of halogens is 9. The molecule has 1 atom stereocenters. The van der Waals surface area contributed by atoms with E-state index in [-0.39, 0.29) is 17.4 Å². The van der Waals surface area contributed by atoms with Crippen LogP contribution in [0.1, 0.15) is 35.6 Å². The number of alkyl halides is 9. The summed E-state index contributed by atoms with van der Waals surface area (Å²) in [6.07, 6.45) is -17.1. The van der Waals surface area contributed by atoms with Gasteiger partial charge >= 0.3 is 24.6 Å². The average Bonchev–Trinajstić information content (AvgIpc) is 3.15. The van der Waals surface area contributed by atoms with Crippen molar-refractivity contribution in [2.24, 2.45) is 0 Å². The molecule has 0 bridgehead atoms. The van der Waals surface area contributed by atoms with Gasteiger partial charge in [-0.1, -0.05) is 25.1 Å². The minimum Gasteiger partial charge on any atom is -0.426 e. The first-order valence-corrected chi connectivity index (χ1v) is 10.2. The van der Waals surface area contributed by atoms with Crippen molar-refractivity contribution in [3.8, 4) is 0 Å². The molecule has 0 saturated carbocycles. The van der Waals surface area contributed by atoms with E-state index in [0.29, 0.717) is 24.3 Å². The molecule has 0 radical (unpaired) electrons. The predicted molar refractivity (Wildman–Crippen MR) is 107 cm³/mol. The molecule has 1 saturated heterocycles. The van der Waals surface area contributed by atoms with E-state index in [9.17, 15) is 49.1 Å². The highest BCUT2D eigenvalue weighted by Crippen LogP contribution is 2.49. The second kappa shape index (κ2) is 9.21. The topological polar surface area (TPSA) is 58.6 Å². The molecule has 1 aliphatic rings. The Labute approximate surface area is 197 Å². The van der Waals surface area contributed by atoms with Gasteiger partial charge in [-0.25, -0.2) is 4.79 Å². The molecule has 14 heteroatoms. The number of hydrogen-bond donors (Lipinski definition) is 1. The molecule has 3 rings (SSSR count). The number of benzene rings is 2. The third-order valence-corrected chi connectivity index (χ3v) is 5.48. The van der Waals surface area contributed by atoms with Crippen molar-refractivity contribution in [3.63, 3.8) is 0 Å². The summed E-state index contributed by atoms with van der Waals surface area (Å²) in [6, 6.07) is 4.27. The fourth-order valence-electron chi connectivity index (χ4n) is 3.60. The molecule has 196 valence electrons. The fourth-order valence-corrected chi connectivity index (χ4v) is 3.60. The minimum absolute atomic E-state index is 0.00584. The SMILES string of the molecule is CCC(=O)NCc1ccc(N2CC(c3cccc(C(F)(F)F)c3)(C(F)(F)F)OC2=O)cc1C(F)(F)F. The van der Waals surface area contributed by atoms with Gasteiger partial charge < -0.3 is 10.1 Å². The van der Waals surface area contributed by atoms with E-state index < -0.39 is 77.2 Å². The summed E-state index contributed by atoms with van der Waals surface area (Å²) in [4.78, 5) is 24.1. The van der Waals surface area contributed by atoms with Gasteiger partial charge in [0.1, 0.15) is 0 Å². The van der Waals surface area contributed by atoms with Crippen molar-refractivity contribution >= 4 is 17.7 Å². The third kappa shape index (κ3) is 5.21. The van der Waals surface area contributed by atoms with Gasteiger partial charge in [-0.15, -0.1) is 0 Å². The van der Waals surface area contributed by atoms with E-state index >= 15 is 0 Å². The number of rotatable bonds is 5. The lowest BCUT2D eigenvalue weighted by atomic mass is 9.91. The molecule has 1 fully saturated rings. The smallest absolute Gasteiger partial charge is 0.426 e. The lowest BCUT2D eigenvalue weighted by Gasteiger charge is -2.30. The van der Waals surface area contributed by atoms with Gasteiger partial charge in [-0.2, -0.15) is 39.5 Å². The summed E-state index contributed by atoms with van der Waals surface area (Å²) >= 11 is 0. The first-order chi connectivity index (χ1) is 16.5. The van der Waals surface area contributed by atoms with Crippen LogP contribution >= 0.6 is 0 Å². The molecule has 2 amide bonds. The Hall–Kier alpha value is -3.45. The van der Waals surface area contributed by atoms with Crippen LogP contribution in [0.4, 0.5) is 50.0 Å². The number of cyclic esters (lactones) is 1. The molecule has 0 aromatic heterocycles. The Bertz CT molecular complexity index is 1160.